The molecule has 0 unspecified atom stereocenters. The molecule has 0 atom stereocenters. The van der Waals surface area contributed by atoms with Crippen LogP contribution in [0.1, 0.15) is 42.7 Å². The van der Waals surface area contributed by atoms with Crippen LogP contribution in [0.15, 0.2) is 73.1 Å². The number of aryl methyl sites for hydroxylation is 2. The molecule has 3 heteroatoms. The molecule has 1 aromatic heterocycles. The van der Waals surface area contributed by atoms with E-state index in [1.807, 2.05) is 6.07 Å². The lowest BCUT2D eigenvalue weighted by atomic mass is 9.79. The summed E-state index contributed by atoms with van der Waals surface area (Å²) >= 11 is 0. The zero-order valence-electron chi connectivity index (χ0n) is 17.6. The molecule has 1 N–H and O–H groups in total. The molecule has 0 spiro atoms. The van der Waals surface area contributed by atoms with E-state index in [1.54, 1.807) is 0 Å². The third kappa shape index (κ3) is 6.08. The first kappa shape index (κ1) is 20.9. The molecule has 0 bridgehead atoms. The van der Waals surface area contributed by atoms with Crippen molar-refractivity contribution in [1.29, 1.82) is 0 Å². The lowest BCUT2D eigenvalue weighted by Gasteiger charge is -2.28. The van der Waals surface area contributed by atoms with Crippen molar-refractivity contribution in [3.05, 3.63) is 84.2 Å². The summed E-state index contributed by atoms with van der Waals surface area (Å²) in [6.07, 6.45) is 10.1. The van der Waals surface area contributed by atoms with E-state index >= 15 is 0 Å². The summed E-state index contributed by atoms with van der Waals surface area (Å²) in [6, 6.07) is 21.2. The van der Waals surface area contributed by atoms with Crippen molar-refractivity contribution >= 4 is 6.41 Å². The zero-order chi connectivity index (χ0) is 20.5. The van der Waals surface area contributed by atoms with Crippen molar-refractivity contribution in [2.75, 3.05) is 6.54 Å². The summed E-state index contributed by atoms with van der Waals surface area (Å²) in [5.41, 5.74) is 5.42. The first-order valence-electron chi connectivity index (χ1n) is 10.6. The highest BCUT2D eigenvalue weighted by Gasteiger charge is 2.21. The van der Waals surface area contributed by atoms with Crippen molar-refractivity contribution in [2.45, 2.75) is 38.5 Å². The SMILES string of the molecule is Cc1cn(C)cc1-c1ccccc1.O=CNCC1CCC(c2ccccc2)CC1. The molecule has 3 aromatic rings. The van der Waals surface area contributed by atoms with Crippen LogP contribution in [-0.2, 0) is 11.8 Å². The Morgan fingerprint density at radius 3 is 2.10 bits per heavy atom. The van der Waals surface area contributed by atoms with Gasteiger partial charge >= 0.3 is 0 Å². The molecule has 4 rings (SSSR count). The van der Waals surface area contributed by atoms with Gasteiger partial charge < -0.3 is 9.88 Å². The van der Waals surface area contributed by atoms with Gasteiger partial charge in [-0.05, 0) is 61.1 Å². The van der Waals surface area contributed by atoms with Gasteiger partial charge in [-0.15, -0.1) is 0 Å². The van der Waals surface area contributed by atoms with Crippen LogP contribution in [0, 0.1) is 12.8 Å². The fraction of sp³-hybridized carbons (Fsp3) is 0.346. The second kappa shape index (κ2) is 10.7. The number of hydrogen-bond donors (Lipinski definition) is 1. The number of hydrogen-bond acceptors (Lipinski definition) is 1. The number of carbonyl (C=O) groups is 1. The van der Waals surface area contributed by atoms with E-state index < -0.39 is 0 Å². The van der Waals surface area contributed by atoms with Crippen LogP contribution in [0.3, 0.4) is 0 Å². The number of carbonyl (C=O) groups excluding carboxylic acids is 1. The summed E-state index contributed by atoms with van der Waals surface area (Å²) < 4.78 is 2.09. The largest absolute Gasteiger partial charge is 0.358 e. The fourth-order valence-electron chi connectivity index (χ4n) is 4.28. The van der Waals surface area contributed by atoms with Crippen LogP contribution in [0.5, 0.6) is 0 Å². The Morgan fingerprint density at radius 1 is 0.931 bits per heavy atom. The molecule has 1 amide bonds. The Morgan fingerprint density at radius 2 is 1.55 bits per heavy atom. The average molecular weight is 389 g/mol. The second-order valence-electron chi connectivity index (χ2n) is 8.04. The predicted octanol–water partition coefficient (Wildman–Crippen LogP) is 5.71. The van der Waals surface area contributed by atoms with Crippen molar-refractivity contribution in [1.82, 2.24) is 9.88 Å². The smallest absolute Gasteiger partial charge is 0.207 e. The Kier molecular flexibility index (Phi) is 7.69. The number of aromatic nitrogens is 1. The molecule has 0 radical (unpaired) electrons. The molecule has 1 heterocycles. The molecule has 3 nitrogen and oxygen atoms in total. The molecule has 29 heavy (non-hydrogen) atoms. The predicted molar refractivity (Wildman–Crippen MR) is 121 cm³/mol. The third-order valence-electron chi connectivity index (χ3n) is 5.85. The van der Waals surface area contributed by atoms with Crippen molar-refractivity contribution < 1.29 is 4.79 Å². The summed E-state index contributed by atoms with van der Waals surface area (Å²) in [5, 5.41) is 2.79. The van der Waals surface area contributed by atoms with Gasteiger partial charge in [0.25, 0.3) is 0 Å². The van der Waals surface area contributed by atoms with Gasteiger partial charge in [0.2, 0.25) is 6.41 Å². The van der Waals surface area contributed by atoms with E-state index in [9.17, 15) is 4.79 Å². The maximum atomic E-state index is 10.2. The normalized spacial score (nSPS) is 18.4. The molecular weight excluding hydrogens is 356 g/mol. The van der Waals surface area contributed by atoms with Crippen LogP contribution in [0.4, 0.5) is 0 Å². The number of nitrogens with zero attached hydrogens (tertiary/aromatic N) is 1. The van der Waals surface area contributed by atoms with E-state index in [-0.39, 0.29) is 0 Å². The Labute approximate surface area is 174 Å². The standard InChI is InChI=1S/C14H19NO.C12H13N/c16-11-15-10-12-6-8-14(9-7-12)13-4-2-1-3-5-13;1-10-8-13(2)9-12(10)11-6-4-3-5-7-11/h1-5,11-12,14H,6-10H2,(H,15,16);3-9H,1-2H3. The highest BCUT2D eigenvalue weighted by molar-refractivity contribution is 5.66. The summed E-state index contributed by atoms with van der Waals surface area (Å²) in [6.45, 7) is 2.99. The Balaban J connectivity index is 0.000000169. The maximum absolute atomic E-state index is 10.2. The van der Waals surface area contributed by atoms with Crippen LogP contribution in [0.2, 0.25) is 0 Å². The minimum atomic E-state index is 0.685. The number of rotatable bonds is 5. The summed E-state index contributed by atoms with van der Waals surface area (Å²) in [7, 11) is 2.06. The minimum absolute atomic E-state index is 0.685. The van der Waals surface area contributed by atoms with Crippen LogP contribution in [-0.4, -0.2) is 17.5 Å². The van der Waals surface area contributed by atoms with E-state index in [0.717, 1.165) is 18.9 Å². The highest BCUT2D eigenvalue weighted by Crippen LogP contribution is 2.35. The van der Waals surface area contributed by atoms with Crippen LogP contribution >= 0.6 is 0 Å². The zero-order valence-corrected chi connectivity index (χ0v) is 17.6. The van der Waals surface area contributed by atoms with E-state index in [4.69, 9.17) is 0 Å². The van der Waals surface area contributed by atoms with Gasteiger partial charge in [-0.3, -0.25) is 4.79 Å². The van der Waals surface area contributed by atoms with E-state index in [2.05, 4.69) is 90.8 Å². The molecular formula is C26H32N2O. The molecule has 1 saturated carbocycles. The van der Waals surface area contributed by atoms with E-state index in [1.165, 1.54) is 47.9 Å². The van der Waals surface area contributed by atoms with Gasteiger partial charge in [0.15, 0.2) is 0 Å². The quantitative estimate of drug-likeness (QED) is 0.558. The van der Waals surface area contributed by atoms with Crippen molar-refractivity contribution in [3.63, 3.8) is 0 Å². The fourth-order valence-corrected chi connectivity index (χ4v) is 4.28. The third-order valence-corrected chi connectivity index (χ3v) is 5.85. The molecule has 2 aromatic carbocycles. The van der Waals surface area contributed by atoms with Crippen LogP contribution < -0.4 is 5.32 Å². The van der Waals surface area contributed by atoms with E-state index in [0.29, 0.717) is 5.92 Å². The van der Waals surface area contributed by atoms with Gasteiger partial charge in [0.05, 0.1) is 0 Å². The van der Waals surface area contributed by atoms with Crippen LogP contribution in [0.25, 0.3) is 11.1 Å². The molecule has 1 fully saturated rings. The second-order valence-corrected chi connectivity index (χ2v) is 8.04. The van der Waals surface area contributed by atoms with Crippen molar-refractivity contribution in [2.24, 2.45) is 13.0 Å². The van der Waals surface area contributed by atoms with Gasteiger partial charge in [0.1, 0.15) is 0 Å². The van der Waals surface area contributed by atoms with Gasteiger partial charge in [-0.2, -0.15) is 0 Å². The highest BCUT2D eigenvalue weighted by atomic mass is 16.1. The summed E-state index contributed by atoms with van der Waals surface area (Å²) in [5.74, 6) is 1.42. The number of nitrogens with one attached hydrogen (secondary N) is 1. The maximum Gasteiger partial charge on any atom is 0.207 e. The molecule has 0 saturated heterocycles. The average Bonchev–Trinajstić information content (AvgIpc) is 3.12. The Bertz CT molecular complexity index is 862. The molecule has 1 aliphatic rings. The molecule has 152 valence electrons. The first-order chi connectivity index (χ1) is 14.2. The summed E-state index contributed by atoms with van der Waals surface area (Å²) in [4.78, 5) is 10.2. The van der Waals surface area contributed by atoms with Crippen molar-refractivity contribution in [3.8, 4) is 11.1 Å². The molecule has 0 aliphatic heterocycles. The monoisotopic (exact) mass is 388 g/mol. The minimum Gasteiger partial charge on any atom is -0.358 e. The van der Waals surface area contributed by atoms with Gasteiger partial charge in [-0.1, -0.05) is 60.7 Å². The first-order valence-corrected chi connectivity index (χ1v) is 10.6. The lowest BCUT2D eigenvalue weighted by molar-refractivity contribution is -0.109. The Hall–Kier alpha value is -2.81. The van der Waals surface area contributed by atoms with Gasteiger partial charge in [-0.25, -0.2) is 0 Å². The topological polar surface area (TPSA) is 34.0 Å². The molecule has 1 aliphatic carbocycles. The number of benzene rings is 2. The van der Waals surface area contributed by atoms with Gasteiger partial charge in [0, 0.05) is 31.5 Å². The lowest BCUT2D eigenvalue weighted by Crippen LogP contribution is -2.25. The number of amides is 1.